The smallest absolute Gasteiger partial charge is 0.267 e. The van der Waals surface area contributed by atoms with Crippen LogP contribution in [0.15, 0.2) is 45.6 Å². The van der Waals surface area contributed by atoms with Gasteiger partial charge in [-0.3, -0.25) is 9.59 Å². The van der Waals surface area contributed by atoms with E-state index in [-0.39, 0.29) is 11.3 Å². The molecule has 1 aromatic carbocycles. The molecule has 0 atom stereocenters. The molecule has 0 saturated heterocycles. The van der Waals surface area contributed by atoms with Crippen molar-refractivity contribution < 1.29 is 4.79 Å². The molecule has 1 N–H and O–H groups in total. The van der Waals surface area contributed by atoms with Crippen LogP contribution in [0.3, 0.4) is 0 Å². The quantitative estimate of drug-likeness (QED) is 0.565. The molecule has 0 spiro atoms. The highest BCUT2D eigenvalue weighted by atomic mass is 32.1. The number of hydrazone groups is 1. The van der Waals surface area contributed by atoms with Crippen LogP contribution in [0.2, 0.25) is 0 Å². The van der Waals surface area contributed by atoms with E-state index in [0.717, 1.165) is 16.9 Å². The van der Waals surface area contributed by atoms with Crippen molar-refractivity contribution in [1.82, 2.24) is 15.2 Å². The molecule has 0 unspecified atom stereocenters. The third-order valence-electron chi connectivity index (χ3n) is 3.77. The van der Waals surface area contributed by atoms with Crippen molar-refractivity contribution >= 4 is 34.2 Å². The Bertz CT molecular complexity index is 1000. The van der Waals surface area contributed by atoms with Gasteiger partial charge in [0.25, 0.3) is 11.5 Å². The fourth-order valence-electron chi connectivity index (χ4n) is 2.49. The zero-order chi connectivity index (χ0) is 17.8. The van der Waals surface area contributed by atoms with E-state index in [2.05, 4.69) is 15.6 Å². The summed E-state index contributed by atoms with van der Waals surface area (Å²) in [6.07, 6.45) is 2.37. The number of aromatic nitrogens is 2. The summed E-state index contributed by atoms with van der Waals surface area (Å²) in [7, 11) is 0. The zero-order valence-corrected chi connectivity index (χ0v) is 14.8. The lowest BCUT2D eigenvalue weighted by Crippen LogP contribution is -2.29. The minimum Gasteiger partial charge on any atom is -0.267 e. The molecule has 0 aliphatic heterocycles. The summed E-state index contributed by atoms with van der Waals surface area (Å²) in [6, 6.07) is 8.98. The van der Waals surface area contributed by atoms with Gasteiger partial charge in [-0.2, -0.15) is 10.2 Å². The van der Waals surface area contributed by atoms with E-state index in [1.807, 2.05) is 25.3 Å². The first-order chi connectivity index (χ1) is 12.1. The van der Waals surface area contributed by atoms with Gasteiger partial charge in [0.05, 0.1) is 11.6 Å². The van der Waals surface area contributed by atoms with E-state index >= 15 is 0 Å². The molecule has 0 fully saturated rings. The van der Waals surface area contributed by atoms with E-state index in [9.17, 15) is 9.59 Å². The maximum Gasteiger partial charge on any atom is 0.292 e. The molecule has 7 heteroatoms. The van der Waals surface area contributed by atoms with Gasteiger partial charge in [-0.05, 0) is 36.4 Å². The molecule has 1 amide bonds. The lowest BCUT2D eigenvalue weighted by molar-refractivity contribution is 0.0949. The van der Waals surface area contributed by atoms with Crippen LogP contribution >= 0.6 is 11.3 Å². The van der Waals surface area contributed by atoms with Gasteiger partial charge in [0, 0.05) is 16.8 Å². The number of aryl methyl sites for hydroxylation is 2. The van der Waals surface area contributed by atoms with Crippen LogP contribution in [0.5, 0.6) is 0 Å². The highest BCUT2D eigenvalue weighted by Gasteiger charge is 2.16. The van der Waals surface area contributed by atoms with Crippen molar-refractivity contribution in [1.29, 1.82) is 0 Å². The van der Waals surface area contributed by atoms with Crippen LogP contribution in [0.4, 0.5) is 0 Å². The van der Waals surface area contributed by atoms with Crippen molar-refractivity contribution in [3.63, 3.8) is 0 Å². The number of carbonyl (C=O) groups excluding carboxylic acids is 1. The monoisotopic (exact) mass is 354 g/mol. The average molecular weight is 354 g/mol. The van der Waals surface area contributed by atoms with E-state index < -0.39 is 5.91 Å². The van der Waals surface area contributed by atoms with E-state index in [4.69, 9.17) is 0 Å². The van der Waals surface area contributed by atoms with Crippen molar-refractivity contribution in [2.75, 3.05) is 0 Å². The Balaban J connectivity index is 1.95. The molecule has 128 valence electrons. The number of rotatable bonds is 5. The normalized spacial score (nSPS) is 11.3. The first kappa shape index (κ1) is 17.0. The van der Waals surface area contributed by atoms with Crippen LogP contribution < -0.4 is 11.0 Å². The van der Waals surface area contributed by atoms with Crippen molar-refractivity contribution in [3.05, 3.63) is 62.2 Å². The number of amides is 1. The standard InChI is InChI=1S/C18H18N4O2S/c1-3-9-22-18(24)14-7-5-4-6-13(14)16(21-22)17(23)20-19-11-15-12(2)8-10-25-15/h4-8,10-11H,3,9H2,1-2H3,(H,20,23)/b19-11-. The number of hydrogen-bond acceptors (Lipinski definition) is 5. The van der Waals surface area contributed by atoms with E-state index in [1.165, 1.54) is 4.68 Å². The summed E-state index contributed by atoms with van der Waals surface area (Å²) >= 11 is 1.55. The number of thiophene rings is 1. The maximum atomic E-state index is 12.5. The first-order valence-corrected chi connectivity index (χ1v) is 8.87. The van der Waals surface area contributed by atoms with Gasteiger partial charge < -0.3 is 0 Å². The minimum atomic E-state index is -0.438. The Morgan fingerprint density at radius 1 is 1.32 bits per heavy atom. The number of fused-ring (bicyclic) bond motifs is 1. The van der Waals surface area contributed by atoms with Crippen LogP contribution in [0, 0.1) is 6.92 Å². The Morgan fingerprint density at radius 2 is 2.08 bits per heavy atom. The van der Waals surface area contributed by atoms with Crippen molar-refractivity contribution in [2.24, 2.45) is 5.10 Å². The predicted molar refractivity (Wildman–Crippen MR) is 100 cm³/mol. The third kappa shape index (κ3) is 3.51. The van der Waals surface area contributed by atoms with Crippen LogP contribution in [-0.4, -0.2) is 21.9 Å². The lowest BCUT2D eigenvalue weighted by atomic mass is 10.1. The summed E-state index contributed by atoms with van der Waals surface area (Å²) in [5, 5.41) is 11.2. The Kier molecular flexibility index (Phi) is 5.04. The Hall–Kier alpha value is -2.80. The second kappa shape index (κ2) is 7.40. The summed E-state index contributed by atoms with van der Waals surface area (Å²) < 4.78 is 1.34. The molecule has 0 bridgehead atoms. The van der Waals surface area contributed by atoms with Gasteiger partial charge in [-0.15, -0.1) is 11.3 Å². The molecule has 25 heavy (non-hydrogen) atoms. The molecular weight excluding hydrogens is 336 g/mol. The molecule has 0 aliphatic carbocycles. The minimum absolute atomic E-state index is 0.188. The number of nitrogens with one attached hydrogen (secondary N) is 1. The zero-order valence-electron chi connectivity index (χ0n) is 14.0. The Morgan fingerprint density at radius 3 is 2.76 bits per heavy atom. The summed E-state index contributed by atoms with van der Waals surface area (Å²) in [6.45, 7) is 4.40. The third-order valence-corrected chi connectivity index (χ3v) is 4.72. The predicted octanol–water partition coefficient (Wildman–Crippen LogP) is 2.94. The molecule has 2 heterocycles. The fraction of sp³-hybridized carbons (Fsp3) is 0.222. The summed E-state index contributed by atoms with van der Waals surface area (Å²) in [4.78, 5) is 26.0. The van der Waals surface area contributed by atoms with Crippen LogP contribution in [-0.2, 0) is 6.54 Å². The highest BCUT2D eigenvalue weighted by molar-refractivity contribution is 7.11. The topological polar surface area (TPSA) is 76.3 Å². The number of carbonyl (C=O) groups is 1. The maximum absolute atomic E-state index is 12.5. The van der Waals surface area contributed by atoms with Crippen molar-refractivity contribution in [3.8, 4) is 0 Å². The van der Waals surface area contributed by atoms with Crippen molar-refractivity contribution in [2.45, 2.75) is 26.8 Å². The SMILES string of the molecule is CCCn1nc(C(=O)N/N=C\c2sccc2C)c2ccccc2c1=O. The molecule has 0 saturated carbocycles. The second-order valence-electron chi connectivity index (χ2n) is 5.59. The van der Waals surface area contributed by atoms with E-state index in [0.29, 0.717) is 17.3 Å². The van der Waals surface area contributed by atoms with Gasteiger partial charge >= 0.3 is 0 Å². The van der Waals surface area contributed by atoms with E-state index in [1.54, 1.807) is 41.8 Å². The second-order valence-corrected chi connectivity index (χ2v) is 6.54. The molecule has 2 aromatic heterocycles. The molecule has 0 aliphatic rings. The number of hydrogen-bond donors (Lipinski definition) is 1. The van der Waals surface area contributed by atoms with Crippen LogP contribution in [0.1, 0.15) is 34.3 Å². The average Bonchev–Trinajstić information content (AvgIpc) is 3.02. The lowest BCUT2D eigenvalue weighted by Gasteiger charge is -2.09. The molecule has 3 rings (SSSR count). The first-order valence-electron chi connectivity index (χ1n) is 7.99. The molecule has 0 radical (unpaired) electrons. The number of benzene rings is 1. The van der Waals surface area contributed by atoms with Gasteiger partial charge in [0.1, 0.15) is 0 Å². The van der Waals surface area contributed by atoms with Gasteiger partial charge in [0.2, 0.25) is 0 Å². The van der Waals surface area contributed by atoms with Crippen LogP contribution in [0.25, 0.3) is 10.8 Å². The van der Waals surface area contributed by atoms with Gasteiger partial charge in [0.15, 0.2) is 5.69 Å². The highest BCUT2D eigenvalue weighted by Crippen LogP contribution is 2.14. The summed E-state index contributed by atoms with van der Waals surface area (Å²) in [5.74, 6) is -0.438. The molecular formula is C18H18N4O2S. The fourth-order valence-corrected chi connectivity index (χ4v) is 3.27. The largest absolute Gasteiger partial charge is 0.292 e. The molecule has 6 nitrogen and oxygen atoms in total. The molecule has 3 aromatic rings. The van der Waals surface area contributed by atoms with Gasteiger partial charge in [-0.25, -0.2) is 10.1 Å². The Labute approximate surface area is 148 Å². The van der Waals surface area contributed by atoms with Gasteiger partial charge in [-0.1, -0.05) is 25.1 Å². The number of nitrogens with zero attached hydrogens (tertiary/aromatic N) is 3. The summed E-state index contributed by atoms with van der Waals surface area (Å²) in [5.41, 5.74) is 3.61.